The summed E-state index contributed by atoms with van der Waals surface area (Å²) in [6.45, 7) is 5.14. The van der Waals surface area contributed by atoms with Crippen LogP contribution in [0, 0.1) is 5.92 Å². The van der Waals surface area contributed by atoms with Crippen LogP contribution in [0.4, 0.5) is 0 Å². The number of carbonyl (C=O) groups excluding carboxylic acids is 1. The quantitative estimate of drug-likeness (QED) is 0.927. The van der Waals surface area contributed by atoms with E-state index in [4.69, 9.17) is 22.1 Å². The zero-order valence-electron chi connectivity index (χ0n) is 11.9. The summed E-state index contributed by atoms with van der Waals surface area (Å²) in [7, 11) is 0. The van der Waals surface area contributed by atoms with Crippen molar-refractivity contribution in [2.24, 2.45) is 11.7 Å². The van der Waals surface area contributed by atoms with E-state index in [-0.39, 0.29) is 11.9 Å². The number of nitrogens with zero attached hydrogens (tertiary/aromatic N) is 1. The van der Waals surface area contributed by atoms with Gasteiger partial charge in [-0.2, -0.15) is 0 Å². The third-order valence-corrected chi connectivity index (χ3v) is 4.08. The van der Waals surface area contributed by atoms with E-state index in [1.807, 2.05) is 17.0 Å². The zero-order valence-corrected chi connectivity index (χ0v) is 12.6. The Hall–Kier alpha value is -1.26. The lowest BCUT2D eigenvalue weighted by Crippen LogP contribution is -2.42. The summed E-state index contributed by atoms with van der Waals surface area (Å²) in [6, 6.07) is 7.39. The number of rotatable bonds is 4. The number of benzene rings is 1. The van der Waals surface area contributed by atoms with E-state index in [1.165, 1.54) is 0 Å². The van der Waals surface area contributed by atoms with Crippen LogP contribution in [-0.2, 0) is 4.79 Å². The average Bonchev–Trinajstić information content (AvgIpc) is 2.81. The van der Waals surface area contributed by atoms with Gasteiger partial charge in [0.1, 0.15) is 5.75 Å². The van der Waals surface area contributed by atoms with Crippen LogP contribution in [0.2, 0.25) is 5.02 Å². The number of ether oxygens (including phenoxy) is 1. The van der Waals surface area contributed by atoms with Gasteiger partial charge in [-0.3, -0.25) is 4.79 Å². The molecule has 1 aromatic rings. The third-order valence-electron chi connectivity index (χ3n) is 3.77. The van der Waals surface area contributed by atoms with E-state index in [9.17, 15) is 4.79 Å². The maximum atomic E-state index is 12.4. The van der Waals surface area contributed by atoms with Crippen molar-refractivity contribution in [3.63, 3.8) is 0 Å². The first-order chi connectivity index (χ1) is 9.52. The Kier molecular flexibility index (Phi) is 4.89. The van der Waals surface area contributed by atoms with Crippen LogP contribution in [-0.4, -0.2) is 36.0 Å². The molecule has 1 heterocycles. The molecular formula is C15H21ClN2O2. The predicted octanol–water partition coefficient (Wildman–Crippen LogP) is 2.30. The Bertz CT molecular complexity index is 481. The molecule has 1 aliphatic rings. The van der Waals surface area contributed by atoms with Gasteiger partial charge in [-0.1, -0.05) is 23.7 Å². The van der Waals surface area contributed by atoms with Gasteiger partial charge in [-0.25, -0.2) is 0 Å². The van der Waals surface area contributed by atoms with Crippen molar-refractivity contribution in [3.05, 3.63) is 29.3 Å². The summed E-state index contributed by atoms with van der Waals surface area (Å²) < 4.78 is 5.68. The molecule has 1 amide bonds. The fraction of sp³-hybridized carbons (Fsp3) is 0.533. The Morgan fingerprint density at radius 3 is 2.85 bits per heavy atom. The highest BCUT2D eigenvalue weighted by molar-refractivity contribution is 6.32. The van der Waals surface area contributed by atoms with Crippen molar-refractivity contribution < 1.29 is 9.53 Å². The van der Waals surface area contributed by atoms with Crippen LogP contribution < -0.4 is 10.5 Å². The summed E-state index contributed by atoms with van der Waals surface area (Å²) in [5.41, 5.74) is 5.69. The molecule has 2 N–H and O–H groups in total. The lowest BCUT2D eigenvalue weighted by molar-refractivity contribution is -0.138. The van der Waals surface area contributed by atoms with E-state index in [0.717, 1.165) is 6.42 Å². The second kappa shape index (κ2) is 6.46. The van der Waals surface area contributed by atoms with Gasteiger partial charge in [0.15, 0.2) is 6.10 Å². The maximum Gasteiger partial charge on any atom is 0.263 e. The lowest BCUT2D eigenvalue weighted by atomic mass is 10.1. The molecule has 3 atom stereocenters. The van der Waals surface area contributed by atoms with E-state index >= 15 is 0 Å². The van der Waals surface area contributed by atoms with Crippen molar-refractivity contribution in [1.29, 1.82) is 0 Å². The number of hydrogen-bond donors (Lipinski definition) is 1. The number of para-hydroxylation sites is 1. The second-order valence-corrected chi connectivity index (χ2v) is 5.77. The summed E-state index contributed by atoms with van der Waals surface area (Å²) >= 11 is 6.04. The van der Waals surface area contributed by atoms with Gasteiger partial charge in [0.25, 0.3) is 5.91 Å². The van der Waals surface area contributed by atoms with Gasteiger partial charge < -0.3 is 15.4 Å². The minimum atomic E-state index is -0.547. The Labute approximate surface area is 124 Å². The van der Waals surface area contributed by atoms with Gasteiger partial charge in [0, 0.05) is 12.6 Å². The van der Waals surface area contributed by atoms with Crippen LogP contribution in [0.1, 0.15) is 20.3 Å². The molecule has 0 radical (unpaired) electrons. The molecule has 3 unspecified atom stereocenters. The molecule has 0 aliphatic carbocycles. The standard InChI is InChI=1S/C15H21ClN2O2/c1-10-7-12(8-17)9-18(10)15(19)11(2)20-14-6-4-3-5-13(14)16/h3-6,10-12H,7-9,17H2,1-2H3. The van der Waals surface area contributed by atoms with E-state index in [0.29, 0.717) is 29.8 Å². The minimum absolute atomic E-state index is 0.00614. The van der Waals surface area contributed by atoms with Gasteiger partial charge in [0.05, 0.1) is 5.02 Å². The molecule has 0 spiro atoms. The van der Waals surface area contributed by atoms with E-state index in [2.05, 4.69) is 6.92 Å². The number of hydrogen-bond acceptors (Lipinski definition) is 3. The molecule has 0 saturated carbocycles. The average molecular weight is 297 g/mol. The second-order valence-electron chi connectivity index (χ2n) is 5.37. The molecule has 20 heavy (non-hydrogen) atoms. The number of halogens is 1. The van der Waals surface area contributed by atoms with Crippen molar-refractivity contribution in [2.75, 3.05) is 13.1 Å². The normalized spacial score (nSPS) is 23.7. The molecule has 0 aromatic heterocycles. The largest absolute Gasteiger partial charge is 0.479 e. The van der Waals surface area contributed by atoms with Crippen molar-refractivity contribution >= 4 is 17.5 Å². The van der Waals surface area contributed by atoms with Gasteiger partial charge in [-0.05, 0) is 44.9 Å². The molecule has 4 nitrogen and oxygen atoms in total. The highest BCUT2D eigenvalue weighted by atomic mass is 35.5. The number of nitrogens with two attached hydrogens (primary N) is 1. The molecule has 5 heteroatoms. The maximum absolute atomic E-state index is 12.4. The Balaban J connectivity index is 2.01. The Morgan fingerprint density at radius 2 is 2.25 bits per heavy atom. The summed E-state index contributed by atoms with van der Waals surface area (Å²) in [5, 5.41) is 0.515. The smallest absolute Gasteiger partial charge is 0.263 e. The van der Waals surface area contributed by atoms with Crippen LogP contribution in [0.3, 0.4) is 0 Å². The monoisotopic (exact) mass is 296 g/mol. The van der Waals surface area contributed by atoms with E-state index in [1.54, 1.807) is 19.1 Å². The summed E-state index contributed by atoms with van der Waals surface area (Å²) in [6.07, 6.45) is 0.412. The fourth-order valence-corrected chi connectivity index (χ4v) is 2.82. The molecule has 1 fully saturated rings. The highest BCUT2D eigenvalue weighted by Crippen LogP contribution is 2.27. The molecular weight excluding hydrogens is 276 g/mol. The summed E-state index contributed by atoms with van der Waals surface area (Å²) in [4.78, 5) is 14.3. The molecule has 1 saturated heterocycles. The van der Waals surface area contributed by atoms with Crippen LogP contribution in [0.5, 0.6) is 5.75 Å². The van der Waals surface area contributed by atoms with Crippen molar-refractivity contribution in [3.8, 4) is 5.75 Å². The van der Waals surface area contributed by atoms with Crippen LogP contribution >= 0.6 is 11.6 Å². The minimum Gasteiger partial charge on any atom is -0.479 e. The van der Waals surface area contributed by atoms with Crippen molar-refractivity contribution in [1.82, 2.24) is 4.90 Å². The number of amides is 1. The van der Waals surface area contributed by atoms with Crippen molar-refractivity contribution in [2.45, 2.75) is 32.4 Å². The molecule has 2 rings (SSSR count). The first kappa shape index (κ1) is 15.1. The van der Waals surface area contributed by atoms with Crippen LogP contribution in [0.25, 0.3) is 0 Å². The topological polar surface area (TPSA) is 55.6 Å². The first-order valence-electron chi connectivity index (χ1n) is 6.94. The number of carbonyl (C=O) groups is 1. The first-order valence-corrected chi connectivity index (χ1v) is 7.32. The van der Waals surface area contributed by atoms with Gasteiger partial charge >= 0.3 is 0 Å². The zero-order chi connectivity index (χ0) is 14.7. The summed E-state index contributed by atoms with van der Waals surface area (Å²) in [5.74, 6) is 0.923. The molecule has 0 bridgehead atoms. The van der Waals surface area contributed by atoms with E-state index < -0.39 is 6.10 Å². The highest BCUT2D eigenvalue weighted by Gasteiger charge is 2.34. The molecule has 1 aromatic carbocycles. The molecule has 1 aliphatic heterocycles. The molecule has 110 valence electrons. The van der Waals surface area contributed by atoms with Crippen LogP contribution in [0.15, 0.2) is 24.3 Å². The van der Waals surface area contributed by atoms with Gasteiger partial charge in [-0.15, -0.1) is 0 Å². The van der Waals surface area contributed by atoms with Gasteiger partial charge in [0.2, 0.25) is 0 Å². The predicted molar refractivity (Wildman–Crippen MR) is 79.9 cm³/mol. The number of likely N-dealkylation sites (tertiary alicyclic amines) is 1. The Morgan fingerprint density at radius 1 is 1.55 bits per heavy atom. The third kappa shape index (κ3) is 3.25. The SMILES string of the molecule is CC(Oc1ccccc1Cl)C(=O)N1CC(CN)CC1C. The lowest BCUT2D eigenvalue weighted by Gasteiger charge is -2.25. The fourth-order valence-electron chi connectivity index (χ4n) is 2.63.